The zero-order valence-electron chi connectivity index (χ0n) is 38.8. The van der Waals surface area contributed by atoms with Gasteiger partial charge in [0.05, 0.1) is 33.9 Å². The molecule has 4 aliphatic rings. The average Bonchev–Trinajstić information content (AvgIpc) is 3.82. The molecule has 70 heavy (non-hydrogen) atoms. The van der Waals surface area contributed by atoms with Gasteiger partial charge in [-0.15, -0.1) is 0 Å². The SMILES string of the molecule is CCN(CC)C(=O)[C@@H]1C=C2c3cccc4[nH]c(Br)c(c34)C[C@H]2N(CCC(F)(F)F)C1.CCN(CC)C(=O)[C@@H]1C=C2c3cccc4[nH]c(Br)c(c34)C[C@H]2N(CCC(F)(F)F)C1.O=C(O)C(O)C(O)C(=O)O. The number of halogens is 8. The predicted octanol–water partition coefficient (Wildman–Crippen LogP) is 7.86. The van der Waals surface area contributed by atoms with Crippen molar-refractivity contribution in [3.8, 4) is 0 Å². The van der Waals surface area contributed by atoms with Gasteiger partial charge in [-0.05, 0) is 118 Å². The standard InChI is InChI=1S/2C22H25BrF3N3O.C4H6O6/c2*1-3-28(4-2)21(30)13-10-15-14-6-5-7-17-19(14)16(20(23)27-17)11-18(15)29(12-13)9-8-22(24,25)26;5-1(3(7)8)2(6)4(9)10/h2*5-7,10,13,18,27H,3-4,8-9,11-12H2,1-2H3;1-2,5-6H,(H,7,8)(H,9,10)/t2*13-,18-;/m11./s1. The van der Waals surface area contributed by atoms with E-state index in [1.54, 1.807) is 9.80 Å². The smallest absolute Gasteiger partial charge is 0.390 e. The molecule has 2 aromatic heterocycles. The van der Waals surface area contributed by atoms with Crippen molar-refractivity contribution in [3.05, 3.63) is 80.0 Å². The number of aliphatic hydroxyl groups excluding tert-OH is 2. The topological polar surface area (TPSA) is 194 Å². The summed E-state index contributed by atoms with van der Waals surface area (Å²) in [7, 11) is 0. The number of amides is 2. The Morgan fingerprint density at radius 3 is 1.29 bits per heavy atom. The molecule has 14 nitrogen and oxygen atoms in total. The highest BCUT2D eigenvalue weighted by Crippen LogP contribution is 2.46. The number of nitrogens with zero attached hydrogens (tertiary/aromatic N) is 4. The molecule has 2 aromatic carbocycles. The van der Waals surface area contributed by atoms with Gasteiger partial charge < -0.3 is 40.2 Å². The Balaban J connectivity index is 0.000000193. The molecule has 2 amide bonds. The van der Waals surface area contributed by atoms with E-state index in [1.807, 2.05) is 86.0 Å². The van der Waals surface area contributed by atoms with Crippen LogP contribution in [-0.4, -0.2) is 163 Å². The Kier molecular flexibility index (Phi) is 17.4. The lowest BCUT2D eigenvalue weighted by atomic mass is 9.79. The first-order chi connectivity index (χ1) is 32.9. The van der Waals surface area contributed by atoms with Gasteiger partial charge in [-0.25, -0.2) is 9.59 Å². The second-order valence-electron chi connectivity index (χ2n) is 17.5. The fourth-order valence-corrected chi connectivity index (χ4v) is 11.0. The molecule has 0 spiro atoms. The average molecular weight is 1120 g/mol. The number of carbonyl (C=O) groups excluding carboxylic acids is 2. The van der Waals surface area contributed by atoms with E-state index in [4.69, 9.17) is 20.4 Å². The number of hydrogen-bond acceptors (Lipinski definition) is 8. The molecule has 8 rings (SSSR count). The largest absolute Gasteiger partial charge is 0.479 e. The van der Waals surface area contributed by atoms with Gasteiger partial charge in [0.1, 0.15) is 0 Å². The van der Waals surface area contributed by atoms with Gasteiger partial charge in [0.25, 0.3) is 0 Å². The zero-order valence-corrected chi connectivity index (χ0v) is 42.0. The first-order valence-corrected chi connectivity index (χ1v) is 24.5. The zero-order chi connectivity index (χ0) is 51.6. The van der Waals surface area contributed by atoms with Crippen LogP contribution in [0.15, 0.2) is 57.8 Å². The van der Waals surface area contributed by atoms with Gasteiger partial charge >= 0.3 is 24.3 Å². The third-order valence-electron chi connectivity index (χ3n) is 13.3. The summed E-state index contributed by atoms with van der Waals surface area (Å²) < 4.78 is 80.0. The van der Waals surface area contributed by atoms with Crippen LogP contribution >= 0.6 is 31.9 Å². The van der Waals surface area contributed by atoms with Crippen LogP contribution in [0.5, 0.6) is 0 Å². The number of carbonyl (C=O) groups is 4. The van der Waals surface area contributed by atoms with Crippen LogP contribution in [0.25, 0.3) is 33.0 Å². The molecule has 0 fully saturated rings. The highest BCUT2D eigenvalue weighted by atomic mass is 79.9. The fraction of sp³-hybridized carbons (Fsp3) is 0.500. The Labute approximate surface area is 416 Å². The minimum Gasteiger partial charge on any atom is -0.479 e. The summed E-state index contributed by atoms with van der Waals surface area (Å²) in [4.78, 5) is 59.6. The van der Waals surface area contributed by atoms with Gasteiger partial charge in [-0.3, -0.25) is 19.4 Å². The van der Waals surface area contributed by atoms with Crippen molar-refractivity contribution in [2.75, 3.05) is 52.4 Å². The minimum absolute atomic E-state index is 0.0174. The maximum atomic E-state index is 13.1. The van der Waals surface area contributed by atoms with E-state index < -0.39 is 61.2 Å². The predicted molar refractivity (Wildman–Crippen MR) is 258 cm³/mol. The molecule has 0 bridgehead atoms. The van der Waals surface area contributed by atoms with E-state index in [-0.39, 0.29) is 37.0 Å². The maximum absolute atomic E-state index is 13.1. The van der Waals surface area contributed by atoms with E-state index in [9.17, 15) is 45.5 Å². The first-order valence-electron chi connectivity index (χ1n) is 23.0. The second kappa shape index (κ2) is 22.4. The van der Waals surface area contributed by atoms with Crippen LogP contribution in [0, 0.1) is 11.8 Å². The molecular formula is C48H56Br2F6N6O8. The molecule has 0 saturated carbocycles. The van der Waals surface area contributed by atoms with Crippen molar-refractivity contribution in [2.24, 2.45) is 11.8 Å². The minimum atomic E-state index is -4.23. The van der Waals surface area contributed by atoms with Crippen LogP contribution in [0.4, 0.5) is 26.3 Å². The molecule has 0 radical (unpaired) electrons. The Morgan fingerprint density at radius 1 is 0.643 bits per heavy atom. The molecule has 2 aliphatic carbocycles. The number of benzene rings is 2. The third-order valence-corrected chi connectivity index (χ3v) is 14.7. The number of aliphatic hydroxyl groups is 2. The number of nitrogens with one attached hydrogen (secondary N) is 2. The summed E-state index contributed by atoms with van der Waals surface area (Å²) in [5.41, 5.74) is 8.13. The van der Waals surface area contributed by atoms with Gasteiger partial charge in [0.15, 0.2) is 12.2 Å². The van der Waals surface area contributed by atoms with E-state index >= 15 is 0 Å². The molecule has 382 valence electrons. The number of carboxylic acid groups (broad SMARTS) is 2. The highest BCUT2D eigenvalue weighted by Gasteiger charge is 2.42. The van der Waals surface area contributed by atoms with Crippen LogP contribution < -0.4 is 0 Å². The van der Waals surface area contributed by atoms with Crippen molar-refractivity contribution >= 4 is 88.6 Å². The van der Waals surface area contributed by atoms with Crippen molar-refractivity contribution in [1.82, 2.24) is 29.6 Å². The molecule has 4 aromatic rings. The van der Waals surface area contributed by atoms with Gasteiger partial charge in [-0.2, -0.15) is 26.3 Å². The van der Waals surface area contributed by atoms with Gasteiger partial charge in [0, 0.05) is 86.2 Å². The summed E-state index contributed by atoms with van der Waals surface area (Å²) in [6.45, 7) is 10.5. The van der Waals surface area contributed by atoms with E-state index in [0.29, 0.717) is 52.1 Å². The van der Waals surface area contributed by atoms with E-state index in [1.165, 1.54) is 0 Å². The number of hydrogen-bond donors (Lipinski definition) is 6. The first kappa shape index (κ1) is 54.6. The van der Waals surface area contributed by atoms with E-state index in [0.717, 1.165) is 64.4 Å². The Bertz CT molecular complexity index is 2460. The van der Waals surface area contributed by atoms with Crippen LogP contribution in [0.3, 0.4) is 0 Å². The summed E-state index contributed by atoms with van der Waals surface area (Å²) in [5, 5.41) is 34.7. The molecular weight excluding hydrogens is 1060 g/mol. The van der Waals surface area contributed by atoms with Crippen LogP contribution in [0.1, 0.15) is 62.8 Å². The van der Waals surface area contributed by atoms with Crippen LogP contribution in [-0.2, 0) is 32.0 Å². The summed E-state index contributed by atoms with van der Waals surface area (Å²) in [6, 6.07) is 11.6. The van der Waals surface area contributed by atoms with Crippen molar-refractivity contribution in [1.29, 1.82) is 0 Å². The number of rotatable bonds is 13. The van der Waals surface area contributed by atoms with Gasteiger partial charge in [0.2, 0.25) is 11.8 Å². The molecule has 2 aliphatic heterocycles. The quantitative estimate of drug-likeness (QED) is 0.0719. The highest BCUT2D eigenvalue weighted by molar-refractivity contribution is 9.10. The van der Waals surface area contributed by atoms with Crippen molar-refractivity contribution < 1.29 is 65.9 Å². The van der Waals surface area contributed by atoms with Crippen molar-refractivity contribution in [2.45, 2.75) is 90.0 Å². The summed E-state index contributed by atoms with van der Waals surface area (Å²) in [6.07, 6.45) is -9.50. The number of H-pyrrole nitrogens is 2. The monoisotopic (exact) mass is 1120 g/mol. The normalized spacial score (nSPS) is 20.7. The van der Waals surface area contributed by atoms with Crippen LogP contribution in [0.2, 0.25) is 0 Å². The maximum Gasteiger partial charge on any atom is 0.390 e. The lowest BCUT2D eigenvalue weighted by Crippen LogP contribution is -2.50. The molecule has 6 atom stereocenters. The summed E-state index contributed by atoms with van der Waals surface area (Å²) in [5.74, 6) is -4.45. The lowest BCUT2D eigenvalue weighted by molar-refractivity contribution is -0.165. The number of alkyl halides is 6. The number of carboxylic acids is 2. The van der Waals surface area contributed by atoms with Gasteiger partial charge in [-0.1, -0.05) is 36.4 Å². The number of aliphatic carboxylic acids is 2. The Hall–Kier alpha value is -4.74. The number of aromatic nitrogens is 2. The Morgan fingerprint density at radius 2 is 0.986 bits per heavy atom. The fourth-order valence-electron chi connectivity index (χ4n) is 9.90. The molecule has 6 N–H and O–H groups in total. The van der Waals surface area contributed by atoms with E-state index in [2.05, 4.69) is 41.8 Å². The molecule has 22 heteroatoms. The number of fused-ring (bicyclic) bond motifs is 4. The second-order valence-corrected chi connectivity index (χ2v) is 19.1. The molecule has 2 unspecified atom stereocenters. The lowest BCUT2D eigenvalue weighted by Gasteiger charge is -2.42. The number of aromatic amines is 2. The van der Waals surface area contributed by atoms with Crippen molar-refractivity contribution in [3.63, 3.8) is 0 Å². The third kappa shape index (κ3) is 11.9. The molecule has 4 heterocycles. The molecule has 0 saturated heterocycles. The summed E-state index contributed by atoms with van der Waals surface area (Å²) >= 11 is 7.17.